The van der Waals surface area contributed by atoms with Crippen molar-refractivity contribution in [1.29, 1.82) is 0 Å². The lowest BCUT2D eigenvalue weighted by molar-refractivity contribution is 0.102. The van der Waals surface area contributed by atoms with E-state index < -0.39 is 0 Å². The fourth-order valence-electron chi connectivity index (χ4n) is 4.51. The molecule has 2 fully saturated rings. The second-order valence-corrected chi connectivity index (χ2v) is 8.91. The van der Waals surface area contributed by atoms with Crippen molar-refractivity contribution in [3.63, 3.8) is 0 Å². The summed E-state index contributed by atoms with van der Waals surface area (Å²) in [4.78, 5) is 23.8. The molecule has 4 unspecified atom stereocenters. The topological polar surface area (TPSA) is 97.3 Å². The van der Waals surface area contributed by atoms with Gasteiger partial charge in [0.1, 0.15) is 11.5 Å². The molecule has 3 N–H and O–H groups in total. The van der Waals surface area contributed by atoms with Crippen LogP contribution < -0.4 is 16.0 Å². The van der Waals surface area contributed by atoms with E-state index in [1.54, 1.807) is 18.5 Å². The van der Waals surface area contributed by atoms with Gasteiger partial charge in [-0.2, -0.15) is 0 Å². The highest BCUT2D eigenvalue weighted by atomic mass is 16.3. The normalized spacial score (nSPS) is 26.0. The van der Waals surface area contributed by atoms with Crippen molar-refractivity contribution >= 4 is 28.4 Å². The van der Waals surface area contributed by atoms with Gasteiger partial charge in [0.25, 0.3) is 5.91 Å². The molecule has 1 amide bonds. The molecule has 4 heterocycles. The molecule has 1 aliphatic heterocycles. The van der Waals surface area contributed by atoms with Crippen LogP contribution in [-0.2, 0) is 0 Å². The predicted molar refractivity (Wildman–Crippen MR) is 117 cm³/mol. The van der Waals surface area contributed by atoms with Gasteiger partial charge in [-0.15, -0.1) is 0 Å². The van der Waals surface area contributed by atoms with E-state index in [-0.39, 0.29) is 11.9 Å². The maximum atomic E-state index is 12.9. The van der Waals surface area contributed by atoms with E-state index >= 15 is 0 Å². The number of anilines is 2. The Morgan fingerprint density at radius 2 is 2.07 bits per heavy atom. The van der Waals surface area contributed by atoms with E-state index in [1.807, 2.05) is 18.2 Å². The van der Waals surface area contributed by atoms with Crippen LogP contribution >= 0.6 is 0 Å². The monoisotopic (exact) mass is 405 g/mol. The van der Waals surface area contributed by atoms with E-state index in [2.05, 4.69) is 34.0 Å². The van der Waals surface area contributed by atoms with Crippen LogP contribution in [0.15, 0.2) is 41.1 Å². The highest BCUT2D eigenvalue weighted by Gasteiger charge is 2.37. The van der Waals surface area contributed by atoms with Gasteiger partial charge in [0, 0.05) is 36.6 Å². The highest BCUT2D eigenvalue weighted by Crippen LogP contribution is 2.48. The van der Waals surface area contributed by atoms with E-state index in [0.29, 0.717) is 34.8 Å². The first kappa shape index (κ1) is 19.1. The number of pyridine rings is 2. The zero-order chi connectivity index (χ0) is 20.8. The second-order valence-electron chi connectivity index (χ2n) is 8.91. The van der Waals surface area contributed by atoms with Crippen molar-refractivity contribution in [2.24, 2.45) is 17.6 Å². The molecule has 3 aromatic rings. The molecule has 4 atom stereocenters. The third-order valence-corrected chi connectivity index (χ3v) is 6.19. The summed E-state index contributed by atoms with van der Waals surface area (Å²) in [5.41, 5.74) is 8.66. The number of hydrogen-bond acceptors (Lipinski definition) is 6. The minimum Gasteiger partial charge on any atom is -0.442 e. The lowest BCUT2D eigenvalue weighted by atomic mass is 9.96. The summed E-state index contributed by atoms with van der Waals surface area (Å²) < 4.78 is 5.92. The predicted octanol–water partition coefficient (Wildman–Crippen LogP) is 3.77. The third-order valence-electron chi connectivity index (χ3n) is 6.19. The van der Waals surface area contributed by atoms with Gasteiger partial charge in [-0.3, -0.25) is 9.78 Å². The molecule has 0 aromatic carbocycles. The number of carbonyl (C=O) groups is 1. The van der Waals surface area contributed by atoms with Crippen LogP contribution in [0.3, 0.4) is 0 Å². The van der Waals surface area contributed by atoms with Gasteiger partial charge in [0.2, 0.25) is 5.71 Å². The number of amides is 1. The fraction of sp³-hybridized carbons (Fsp3) is 0.435. The summed E-state index contributed by atoms with van der Waals surface area (Å²) >= 11 is 0. The average Bonchev–Trinajstić information content (AvgIpc) is 3.29. The average molecular weight is 406 g/mol. The zero-order valence-electron chi connectivity index (χ0n) is 17.3. The van der Waals surface area contributed by atoms with Crippen molar-refractivity contribution in [3.05, 3.63) is 48.1 Å². The number of nitrogens with zero attached hydrogens (tertiary/aromatic N) is 3. The molecule has 0 spiro atoms. The molecule has 0 bridgehead atoms. The lowest BCUT2D eigenvalue weighted by Crippen LogP contribution is -2.46. The molecule has 1 saturated carbocycles. The number of furan rings is 1. The minimum absolute atomic E-state index is 0.122. The van der Waals surface area contributed by atoms with Crippen LogP contribution in [0.4, 0.5) is 11.4 Å². The number of fused-ring (bicyclic) bond motifs is 1. The molecule has 156 valence electrons. The summed E-state index contributed by atoms with van der Waals surface area (Å²) in [6.07, 6.45) is 5.58. The third kappa shape index (κ3) is 3.65. The van der Waals surface area contributed by atoms with Crippen LogP contribution in [0.1, 0.15) is 48.9 Å². The van der Waals surface area contributed by atoms with Gasteiger partial charge in [0.15, 0.2) is 0 Å². The largest absolute Gasteiger partial charge is 0.442 e. The van der Waals surface area contributed by atoms with E-state index in [1.165, 1.54) is 0 Å². The second kappa shape index (κ2) is 7.40. The Hall–Kier alpha value is -2.93. The van der Waals surface area contributed by atoms with Crippen molar-refractivity contribution < 1.29 is 9.21 Å². The molecule has 7 heteroatoms. The number of nitrogens with two attached hydrogens (primary N) is 1. The van der Waals surface area contributed by atoms with Gasteiger partial charge >= 0.3 is 0 Å². The van der Waals surface area contributed by atoms with Gasteiger partial charge in [0.05, 0.1) is 17.6 Å². The summed E-state index contributed by atoms with van der Waals surface area (Å²) in [6.45, 7) is 6.08. The standard InChI is InChI=1S/C23H27N5O2/c1-13-7-16(24)12-28(11-13)20-5-6-25-10-19(20)26-22(29)18-4-3-15-9-21(17-8-14(17)2)30-23(15)27-18/h3-6,9-10,13-14,16-17H,7-8,11-12,24H2,1-2H3,(H,26,29). The molecule has 2 aliphatic rings. The summed E-state index contributed by atoms with van der Waals surface area (Å²) in [7, 11) is 0. The summed E-state index contributed by atoms with van der Waals surface area (Å²) in [5.74, 6) is 2.32. The van der Waals surface area contributed by atoms with Gasteiger partial charge in [-0.1, -0.05) is 13.8 Å². The van der Waals surface area contributed by atoms with Crippen LogP contribution in [0, 0.1) is 11.8 Å². The number of nitrogens with one attached hydrogen (secondary N) is 1. The number of rotatable bonds is 4. The quantitative estimate of drug-likeness (QED) is 0.686. The Kier molecular flexibility index (Phi) is 4.70. The van der Waals surface area contributed by atoms with Crippen LogP contribution in [-0.4, -0.2) is 35.0 Å². The van der Waals surface area contributed by atoms with E-state index in [9.17, 15) is 4.79 Å². The van der Waals surface area contributed by atoms with Gasteiger partial charge in [-0.05, 0) is 48.9 Å². The Labute approximate surface area is 175 Å². The Morgan fingerprint density at radius 1 is 1.23 bits per heavy atom. The van der Waals surface area contributed by atoms with Crippen molar-refractivity contribution in [1.82, 2.24) is 9.97 Å². The Bertz CT molecular complexity index is 1080. The Balaban J connectivity index is 1.38. The van der Waals surface area contributed by atoms with Gasteiger partial charge in [-0.25, -0.2) is 4.98 Å². The first-order valence-electron chi connectivity index (χ1n) is 10.6. The highest BCUT2D eigenvalue weighted by molar-refractivity contribution is 6.05. The molecule has 3 aromatic heterocycles. The van der Waals surface area contributed by atoms with Crippen LogP contribution in [0.2, 0.25) is 0 Å². The Morgan fingerprint density at radius 3 is 2.83 bits per heavy atom. The SMILES string of the molecule is CC1CC(N)CN(c2ccncc2NC(=O)c2ccc3cc(C4CC4C)oc3n2)C1. The molecule has 5 rings (SSSR count). The molecular formula is C23H27N5O2. The number of aromatic nitrogens is 2. The molecule has 1 saturated heterocycles. The minimum atomic E-state index is -0.279. The number of piperidine rings is 1. The maximum Gasteiger partial charge on any atom is 0.274 e. The molecule has 1 aliphatic carbocycles. The first-order chi connectivity index (χ1) is 14.5. The van der Waals surface area contributed by atoms with Crippen molar-refractivity contribution in [3.8, 4) is 0 Å². The van der Waals surface area contributed by atoms with Crippen molar-refractivity contribution in [2.75, 3.05) is 23.3 Å². The zero-order valence-corrected chi connectivity index (χ0v) is 17.3. The van der Waals surface area contributed by atoms with E-state index in [4.69, 9.17) is 10.2 Å². The first-order valence-corrected chi connectivity index (χ1v) is 10.6. The summed E-state index contributed by atoms with van der Waals surface area (Å²) in [6, 6.07) is 7.72. The number of hydrogen-bond donors (Lipinski definition) is 2. The number of carbonyl (C=O) groups excluding carboxylic acids is 1. The fourth-order valence-corrected chi connectivity index (χ4v) is 4.51. The molecule has 30 heavy (non-hydrogen) atoms. The van der Waals surface area contributed by atoms with Crippen LogP contribution in [0.25, 0.3) is 11.1 Å². The van der Waals surface area contributed by atoms with E-state index in [0.717, 1.165) is 42.8 Å². The van der Waals surface area contributed by atoms with Crippen LogP contribution in [0.5, 0.6) is 0 Å². The smallest absolute Gasteiger partial charge is 0.274 e. The van der Waals surface area contributed by atoms with Gasteiger partial charge < -0.3 is 20.4 Å². The molecule has 0 radical (unpaired) electrons. The van der Waals surface area contributed by atoms with Crippen molar-refractivity contribution in [2.45, 2.75) is 38.6 Å². The lowest BCUT2D eigenvalue weighted by Gasteiger charge is -2.37. The summed E-state index contributed by atoms with van der Waals surface area (Å²) in [5, 5.41) is 3.91. The molecule has 7 nitrogen and oxygen atoms in total. The maximum absolute atomic E-state index is 12.9. The molecular weight excluding hydrogens is 378 g/mol.